The quantitative estimate of drug-likeness (QED) is 0.275. The smallest absolute Gasteiger partial charge is 0.216 e. The number of hydrogen-bond acceptors (Lipinski definition) is 1. The third-order valence-corrected chi connectivity index (χ3v) is 7.11. The van der Waals surface area contributed by atoms with Gasteiger partial charge in [0.2, 0.25) is 5.69 Å². The first-order chi connectivity index (χ1) is 14.9. The van der Waals surface area contributed by atoms with Gasteiger partial charge in [-0.2, -0.15) is 0 Å². The number of aryl methyl sites for hydroxylation is 3. The molecule has 0 radical (unpaired) electrons. The SMILES string of the molecule is Cc1cc[n+](C)c(-c2c(C)ccc3c2oc2cc4c(cc23)C(C)(C)c2ccccc2-4)c1. The van der Waals surface area contributed by atoms with E-state index in [9.17, 15) is 0 Å². The molecule has 1 aliphatic rings. The van der Waals surface area contributed by atoms with Crippen molar-refractivity contribution < 1.29 is 8.98 Å². The van der Waals surface area contributed by atoms with Gasteiger partial charge in [-0.3, -0.25) is 0 Å². The molecule has 2 nitrogen and oxygen atoms in total. The van der Waals surface area contributed by atoms with Gasteiger partial charge in [-0.25, -0.2) is 4.57 Å². The van der Waals surface area contributed by atoms with Crippen molar-refractivity contribution in [2.45, 2.75) is 33.1 Å². The summed E-state index contributed by atoms with van der Waals surface area (Å²) in [5.74, 6) is 0. The molecule has 152 valence electrons. The second kappa shape index (κ2) is 6.07. The van der Waals surface area contributed by atoms with Crippen LogP contribution in [-0.4, -0.2) is 0 Å². The van der Waals surface area contributed by atoms with Crippen LogP contribution in [0.25, 0.3) is 44.3 Å². The number of fused-ring (bicyclic) bond motifs is 6. The molecule has 0 aliphatic heterocycles. The van der Waals surface area contributed by atoms with Crippen LogP contribution in [0.3, 0.4) is 0 Å². The molecular weight excluding hydrogens is 378 g/mol. The van der Waals surface area contributed by atoms with E-state index in [1.807, 2.05) is 0 Å². The van der Waals surface area contributed by atoms with E-state index in [-0.39, 0.29) is 5.41 Å². The monoisotopic (exact) mass is 404 g/mol. The summed E-state index contributed by atoms with van der Waals surface area (Å²) in [6.07, 6.45) is 2.12. The second-order valence-corrected chi connectivity index (χ2v) is 9.50. The van der Waals surface area contributed by atoms with Gasteiger partial charge in [0.1, 0.15) is 18.2 Å². The molecule has 6 rings (SSSR count). The maximum absolute atomic E-state index is 6.61. The molecule has 3 aromatic carbocycles. The van der Waals surface area contributed by atoms with Gasteiger partial charge in [0.05, 0.1) is 5.56 Å². The van der Waals surface area contributed by atoms with E-state index in [0.717, 1.165) is 11.2 Å². The van der Waals surface area contributed by atoms with Crippen molar-refractivity contribution in [1.82, 2.24) is 0 Å². The molecule has 2 aromatic heterocycles. The number of nitrogens with zero attached hydrogens (tertiary/aromatic N) is 1. The predicted octanol–water partition coefficient (Wildman–Crippen LogP) is 7.00. The van der Waals surface area contributed by atoms with E-state index in [0.29, 0.717) is 0 Å². The summed E-state index contributed by atoms with van der Waals surface area (Å²) < 4.78 is 8.79. The summed E-state index contributed by atoms with van der Waals surface area (Å²) in [6.45, 7) is 8.97. The van der Waals surface area contributed by atoms with Crippen molar-refractivity contribution in [3.05, 3.63) is 89.1 Å². The maximum atomic E-state index is 6.61. The van der Waals surface area contributed by atoms with Gasteiger partial charge < -0.3 is 4.42 Å². The largest absolute Gasteiger partial charge is 0.455 e. The Hall–Kier alpha value is -3.39. The van der Waals surface area contributed by atoms with Gasteiger partial charge in [0.15, 0.2) is 6.20 Å². The van der Waals surface area contributed by atoms with Crippen LogP contribution in [0.2, 0.25) is 0 Å². The topological polar surface area (TPSA) is 17.0 Å². The summed E-state index contributed by atoms with van der Waals surface area (Å²) in [4.78, 5) is 0. The molecule has 5 aromatic rings. The first kappa shape index (κ1) is 18.4. The molecule has 0 saturated carbocycles. The minimum atomic E-state index is -0.0137. The summed E-state index contributed by atoms with van der Waals surface area (Å²) in [6, 6.07) is 22.2. The predicted molar refractivity (Wildman–Crippen MR) is 127 cm³/mol. The standard InChI is InChI=1S/C29H26NO/c1-17-12-13-30(5)25(14-17)27-18(2)10-11-20-22-15-24-21(16-26(22)31-28(20)27)19-8-6-7-9-23(19)29(24,3)4/h6-16H,1-5H3/q+1. The summed E-state index contributed by atoms with van der Waals surface area (Å²) >= 11 is 0. The number of pyridine rings is 1. The Morgan fingerprint density at radius 1 is 0.806 bits per heavy atom. The zero-order valence-corrected chi connectivity index (χ0v) is 18.7. The number of benzene rings is 3. The van der Waals surface area contributed by atoms with Crippen molar-refractivity contribution in [3.63, 3.8) is 0 Å². The van der Waals surface area contributed by atoms with Crippen molar-refractivity contribution in [1.29, 1.82) is 0 Å². The van der Waals surface area contributed by atoms with Gasteiger partial charge in [-0.05, 0) is 59.4 Å². The lowest BCUT2D eigenvalue weighted by molar-refractivity contribution is -0.660. The lowest BCUT2D eigenvalue weighted by Gasteiger charge is -2.21. The van der Waals surface area contributed by atoms with E-state index >= 15 is 0 Å². The Balaban J connectivity index is 1.70. The average Bonchev–Trinajstić information content (AvgIpc) is 3.22. The Morgan fingerprint density at radius 3 is 2.45 bits per heavy atom. The van der Waals surface area contributed by atoms with E-state index in [4.69, 9.17) is 4.42 Å². The lowest BCUT2D eigenvalue weighted by Crippen LogP contribution is -2.30. The molecule has 1 aliphatic carbocycles. The van der Waals surface area contributed by atoms with Crippen molar-refractivity contribution in [3.8, 4) is 22.4 Å². The van der Waals surface area contributed by atoms with E-state index in [1.165, 1.54) is 55.4 Å². The third-order valence-electron chi connectivity index (χ3n) is 7.11. The van der Waals surface area contributed by atoms with Gasteiger partial charge in [0.25, 0.3) is 0 Å². The fraction of sp³-hybridized carbons (Fsp3) is 0.207. The van der Waals surface area contributed by atoms with Crippen LogP contribution in [0, 0.1) is 13.8 Å². The highest BCUT2D eigenvalue weighted by atomic mass is 16.3. The minimum absolute atomic E-state index is 0.0137. The van der Waals surface area contributed by atoms with E-state index < -0.39 is 0 Å². The lowest BCUT2D eigenvalue weighted by atomic mass is 9.82. The molecule has 0 spiro atoms. The molecule has 0 N–H and O–H groups in total. The molecule has 0 bridgehead atoms. The molecule has 0 atom stereocenters. The van der Waals surface area contributed by atoms with Crippen molar-refractivity contribution in [2.24, 2.45) is 7.05 Å². The highest BCUT2D eigenvalue weighted by molar-refractivity contribution is 6.11. The Kier molecular flexibility index (Phi) is 3.60. The summed E-state index contributed by atoms with van der Waals surface area (Å²) in [5.41, 5.74) is 12.2. The second-order valence-electron chi connectivity index (χ2n) is 9.50. The molecule has 0 fully saturated rings. The maximum Gasteiger partial charge on any atom is 0.216 e. The highest BCUT2D eigenvalue weighted by Gasteiger charge is 2.36. The molecule has 0 unspecified atom stereocenters. The van der Waals surface area contributed by atoms with E-state index in [2.05, 4.69) is 106 Å². The first-order valence-corrected chi connectivity index (χ1v) is 10.9. The molecule has 0 saturated heterocycles. The number of aromatic nitrogens is 1. The molecule has 31 heavy (non-hydrogen) atoms. The molecule has 2 heteroatoms. The zero-order valence-electron chi connectivity index (χ0n) is 18.7. The third kappa shape index (κ3) is 2.42. The van der Waals surface area contributed by atoms with Crippen LogP contribution < -0.4 is 4.57 Å². The number of furan rings is 1. The normalized spacial score (nSPS) is 14.2. The summed E-state index contributed by atoms with van der Waals surface area (Å²) in [7, 11) is 2.10. The van der Waals surface area contributed by atoms with Gasteiger partial charge in [-0.15, -0.1) is 0 Å². The van der Waals surface area contributed by atoms with Crippen molar-refractivity contribution >= 4 is 21.9 Å². The fourth-order valence-electron chi connectivity index (χ4n) is 5.37. The van der Waals surface area contributed by atoms with Crippen LogP contribution in [-0.2, 0) is 12.5 Å². The van der Waals surface area contributed by atoms with Crippen LogP contribution in [0.1, 0.15) is 36.1 Å². The number of rotatable bonds is 1. The first-order valence-electron chi connectivity index (χ1n) is 10.9. The van der Waals surface area contributed by atoms with Gasteiger partial charge in [0, 0.05) is 28.3 Å². The molecule has 2 heterocycles. The number of hydrogen-bond donors (Lipinski definition) is 0. The Morgan fingerprint density at radius 2 is 1.61 bits per heavy atom. The minimum Gasteiger partial charge on any atom is -0.455 e. The summed E-state index contributed by atoms with van der Waals surface area (Å²) in [5, 5.41) is 2.39. The fourth-order valence-corrected chi connectivity index (χ4v) is 5.37. The van der Waals surface area contributed by atoms with Gasteiger partial charge >= 0.3 is 0 Å². The Bertz CT molecular complexity index is 1530. The van der Waals surface area contributed by atoms with Crippen LogP contribution >= 0.6 is 0 Å². The van der Waals surface area contributed by atoms with Crippen molar-refractivity contribution in [2.75, 3.05) is 0 Å². The Labute approximate surface area is 182 Å². The highest BCUT2D eigenvalue weighted by Crippen LogP contribution is 2.51. The van der Waals surface area contributed by atoms with E-state index in [1.54, 1.807) is 0 Å². The zero-order chi connectivity index (χ0) is 21.5. The van der Waals surface area contributed by atoms with Gasteiger partial charge in [-0.1, -0.05) is 50.2 Å². The van der Waals surface area contributed by atoms with Crippen LogP contribution in [0.15, 0.2) is 71.3 Å². The van der Waals surface area contributed by atoms with Crippen LogP contribution in [0.4, 0.5) is 0 Å². The molecule has 0 amide bonds. The molecular formula is C29H26NO+. The average molecular weight is 405 g/mol. The van der Waals surface area contributed by atoms with Crippen LogP contribution in [0.5, 0.6) is 0 Å².